The number of likely N-dealkylation sites (tertiary alicyclic amines) is 1. The van der Waals surface area contributed by atoms with Crippen molar-refractivity contribution in [3.63, 3.8) is 0 Å². The lowest BCUT2D eigenvalue weighted by Crippen LogP contribution is -2.45. The molecule has 1 heterocycles. The summed E-state index contributed by atoms with van der Waals surface area (Å²) in [6.45, 7) is 6.14. The molecule has 31 heavy (non-hydrogen) atoms. The Kier molecular flexibility index (Phi) is 12.2. The summed E-state index contributed by atoms with van der Waals surface area (Å²) in [7, 11) is 1.80. The van der Waals surface area contributed by atoms with E-state index in [1.54, 1.807) is 19.2 Å². The zero-order valence-electron chi connectivity index (χ0n) is 18.1. The molecule has 0 saturated carbocycles. The molecule has 2 rings (SSSR count). The predicted octanol–water partition coefficient (Wildman–Crippen LogP) is 3.05. The minimum absolute atomic E-state index is 0.0854. The first-order chi connectivity index (χ1) is 14.8. The molecule has 0 radical (unpaired) electrons. The van der Waals surface area contributed by atoms with E-state index >= 15 is 0 Å². The molecule has 10 nitrogen and oxygen atoms in total. The lowest BCUT2D eigenvalue weighted by molar-refractivity contribution is -0.384. The fourth-order valence-corrected chi connectivity index (χ4v) is 3.41. The predicted molar refractivity (Wildman–Crippen MR) is 113 cm³/mol. The fraction of sp³-hybridized carbons (Fsp3) is 0.619. The van der Waals surface area contributed by atoms with Gasteiger partial charge in [-0.05, 0) is 50.4 Å². The van der Waals surface area contributed by atoms with E-state index in [2.05, 4.69) is 11.8 Å². The Balaban J connectivity index is 0.000000703. The van der Waals surface area contributed by atoms with Crippen molar-refractivity contribution in [3.8, 4) is 5.75 Å². The van der Waals surface area contributed by atoms with Crippen molar-refractivity contribution in [1.82, 2.24) is 4.90 Å². The van der Waals surface area contributed by atoms with Gasteiger partial charge in [-0.25, -0.2) is 9.59 Å². The highest BCUT2D eigenvalue weighted by Gasteiger charge is 2.28. The van der Waals surface area contributed by atoms with Crippen molar-refractivity contribution in [2.24, 2.45) is 5.92 Å². The molecule has 0 unspecified atom stereocenters. The minimum Gasteiger partial charge on any atom is -0.494 e. The molecule has 174 valence electrons. The Labute approximate surface area is 181 Å². The van der Waals surface area contributed by atoms with Crippen LogP contribution < -0.4 is 4.74 Å². The topological polar surface area (TPSA) is 139 Å². The Hall–Kier alpha value is -2.72. The number of carboxylic acids is 2. The fourth-order valence-electron chi connectivity index (χ4n) is 3.41. The van der Waals surface area contributed by atoms with Gasteiger partial charge < -0.3 is 24.6 Å². The van der Waals surface area contributed by atoms with E-state index in [4.69, 9.17) is 29.3 Å². The second-order valence-corrected chi connectivity index (χ2v) is 7.33. The van der Waals surface area contributed by atoms with Crippen molar-refractivity contribution >= 4 is 17.6 Å². The van der Waals surface area contributed by atoms with Gasteiger partial charge in [0.25, 0.3) is 5.69 Å². The van der Waals surface area contributed by atoms with E-state index < -0.39 is 16.9 Å². The molecule has 2 atom stereocenters. The van der Waals surface area contributed by atoms with Gasteiger partial charge >= 0.3 is 11.9 Å². The number of benzene rings is 1. The smallest absolute Gasteiger partial charge is 0.414 e. The molecule has 1 aromatic rings. The summed E-state index contributed by atoms with van der Waals surface area (Å²) in [5.74, 6) is -2.47. The molecule has 1 aliphatic rings. The van der Waals surface area contributed by atoms with Crippen LogP contribution in [0, 0.1) is 16.0 Å². The van der Waals surface area contributed by atoms with Crippen molar-refractivity contribution in [2.75, 3.05) is 33.4 Å². The van der Waals surface area contributed by atoms with Crippen LogP contribution in [0.3, 0.4) is 0 Å². The average molecular weight is 440 g/mol. The van der Waals surface area contributed by atoms with Gasteiger partial charge in [0.1, 0.15) is 5.75 Å². The summed E-state index contributed by atoms with van der Waals surface area (Å²) >= 11 is 0. The average Bonchev–Trinajstić information content (AvgIpc) is 2.75. The second-order valence-electron chi connectivity index (χ2n) is 7.33. The van der Waals surface area contributed by atoms with Crippen LogP contribution in [0.1, 0.15) is 39.0 Å². The maximum absolute atomic E-state index is 10.7. The molecule has 0 bridgehead atoms. The van der Waals surface area contributed by atoms with Crippen LogP contribution in [0.2, 0.25) is 0 Å². The van der Waals surface area contributed by atoms with Crippen LogP contribution in [0.15, 0.2) is 24.3 Å². The zero-order valence-corrected chi connectivity index (χ0v) is 18.1. The summed E-state index contributed by atoms with van der Waals surface area (Å²) in [5.41, 5.74) is 0.0854. The van der Waals surface area contributed by atoms with Crippen LogP contribution in [-0.4, -0.2) is 71.4 Å². The molecule has 1 fully saturated rings. The highest BCUT2D eigenvalue weighted by atomic mass is 16.6. The molecule has 0 aliphatic carbocycles. The Morgan fingerprint density at radius 2 is 1.84 bits per heavy atom. The number of methoxy groups -OCH3 is 1. The molecule has 1 aliphatic heterocycles. The summed E-state index contributed by atoms with van der Waals surface area (Å²) in [4.78, 5) is 31.0. The Morgan fingerprint density at radius 3 is 2.35 bits per heavy atom. The van der Waals surface area contributed by atoms with Crippen LogP contribution in [-0.2, 0) is 14.3 Å². The van der Waals surface area contributed by atoms with Crippen molar-refractivity contribution in [3.05, 3.63) is 34.4 Å². The summed E-state index contributed by atoms with van der Waals surface area (Å²) in [6.07, 6.45) is 6.15. The SMILES string of the molecule is CCCCCN1CC[C@H](CCOc2ccc([N+](=O)[O-])cc2)[C@@H](OC)C1.O=C(O)C(=O)O. The highest BCUT2D eigenvalue weighted by molar-refractivity contribution is 6.27. The van der Waals surface area contributed by atoms with E-state index in [9.17, 15) is 10.1 Å². The number of piperidine rings is 1. The standard InChI is InChI=1S/C19H30N2O4.C2H2O4/c1-3-4-5-12-20-13-10-16(19(15-20)24-2)11-14-25-18-8-6-17(7-9-18)21(22)23;3-1(4)2(5)6/h6-9,16,19H,3-5,10-15H2,1-2H3;(H,3,4)(H,5,6)/t16-,19+;/m1./s1. The maximum atomic E-state index is 10.7. The Morgan fingerprint density at radius 1 is 1.19 bits per heavy atom. The Bertz CT molecular complexity index is 683. The third-order valence-corrected chi connectivity index (χ3v) is 5.15. The molecule has 10 heteroatoms. The third-order valence-electron chi connectivity index (χ3n) is 5.15. The van der Waals surface area contributed by atoms with Gasteiger partial charge in [0.05, 0.1) is 17.6 Å². The third kappa shape index (κ3) is 10.2. The maximum Gasteiger partial charge on any atom is 0.414 e. The number of nitro groups is 1. The van der Waals surface area contributed by atoms with Crippen LogP contribution in [0.4, 0.5) is 5.69 Å². The molecule has 0 spiro atoms. The minimum atomic E-state index is -1.82. The molecular formula is C21H32N2O8. The van der Waals surface area contributed by atoms with Gasteiger partial charge in [0.2, 0.25) is 0 Å². The van der Waals surface area contributed by atoms with Crippen molar-refractivity contribution < 1.29 is 34.2 Å². The molecule has 1 aromatic carbocycles. The van der Waals surface area contributed by atoms with E-state index in [1.807, 2.05) is 0 Å². The zero-order chi connectivity index (χ0) is 23.2. The molecule has 0 aromatic heterocycles. The number of ether oxygens (including phenoxy) is 2. The second kappa shape index (κ2) is 14.3. The number of nitro benzene ring substituents is 1. The number of hydrogen-bond acceptors (Lipinski definition) is 7. The van der Waals surface area contributed by atoms with Gasteiger partial charge in [-0.2, -0.15) is 0 Å². The molecule has 1 saturated heterocycles. The number of hydrogen-bond donors (Lipinski definition) is 2. The van der Waals surface area contributed by atoms with Crippen LogP contribution in [0.25, 0.3) is 0 Å². The number of rotatable bonds is 10. The molecule has 0 amide bonds. The van der Waals surface area contributed by atoms with E-state index in [-0.39, 0.29) is 11.8 Å². The van der Waals surface area contributed by atoms with Gasteiger partial charge in [-0.3, -0.25) is 10.1 Å². The summed E-state index contributed by atoms with van der Waals surface area (Å²) in [6, 6.07) is 6.26. The van der Waals surface area contributed by atoms with Crippen molar-refractivity contribution in [1.29, 1.82) is 0 Å². The lowest BCUT2D eigenvalue weighted by Gasteiger charge is -2.37. The van der Waals surface area contributed by atoms with Gasteiger partial charge in [-0.15, -0.1) is 0 Å². The number of non-ortho nitro benzene ring substituents is 1. The normalized spacial score (nSPS) is 18.5. The number of unbranched alkanes of at least 4 members (excludes halogenated alkanes) is 2. The van der Waals surface area contributed by atoms with E-state index in [0.29, 0.717) is 18.3 Å². The number of carboxylic acid groups (broad SMARTS) is 2. The van der Waals surface area contributed by atoms with Crippen molar-refractivity contribution in [2.45, 2.75) is 45.1 Å². The monoisotopic (exact) mass is 440 g/mol. The number of nitrogens with zero attached hydrogens (tertiary/aromatic N) is 2. The summed E-state index contributed by atoms with van der Waals surface area (Å²) in [5, 5.41) is 25.4. The summed E-state index contributed by atoms with van der Waals surface area (Å²) < 4.78 is 11.5. The lowest BCUT2D eigenvalue weighted by atomic mass is 9.91. The van der Waals surface area contributed by atoms with Crippen LogP contribution in [0.5, 0.6) is 5.75 Å². The molecule has 2 N–H and O–H groups in total. The van der Waals surface area contributed by atoms with Gasteiger partial charge in [-0.1, -0.05) is 19.8 Å². The molecular weight excluding hydrogens is 408 g/mol. The van der Waals surface area contributed by atoms with Crippen LogP contribution >= 0.6 is 0 Å². The largest absolute Gasteiger partial charge is 0.494 e. The number of aliphatic carboxylic acids is 2. The quantitative estimate of drug-likeness (QED) is 0.243. The van der Waals surface area contributed by atoms with Gasteiger partial charge in [0, 0.05) is 25.8 Å². The van der Waals surface area contributed by atoms with Gasteiger partial charge in [0.15, 0.2) is 0 Å². The first kappa shape index (κ1) is 26.3. The highest BCUT2D eigenvalue weighted by Crippen LogP contribution is 2.24. The first-order valence-electron chi connectivity index (χ1n) is 10.4. The van der Waals surface area contributed by atoms with E-state index in [1.165, 1.54) is 37.9 Å². The number of carbonyl (C=O) groups is 2. The first-order valence-corrected chi connectivity index (χ1v) is 10.4. The van der Waals surface area contributed by atoms with E-state index in [0.717, 1.165) is 25.9 Å².